The predicted molar refractivity (Wildman–Crippen MR) is 65.2 cm³/mol. The third-order valence-corrected chi connectivity index (χ3v) is 2.74. The number of aryl methyl sites for hydroxylation is 1. The Kier molecular flexibility index (Phi) is 3.23. The molecule has 0 nitrogen and oxygen atoms in total. The molecule has 17 heavy (non-hydrogen) atoms. The van der Waals surface area contributed by atoms with Crippen LogP contribution < -0.4 is 0 Å². The van der Waals surface area contributed by atoms with E-state index in [0.29, 0.717) is 5.56 Å². The fourth-order valence-electron chi connectivity index (χ4n) is 1.75. The summed E-state index contributed by atoms with van der Waals surface area (Å²) in [6.07, 6.45) is -0.253. The summed E-state index contributed by atoms with van der Waals surface area (Å²) in [6, 6.07) is 15.2. The Bertz CT molecular complexity index is 472. The lowest BCUT2D eigenvalue weighted by atomic mass is 10.00. The van der Waals surface area contributed by atoms with Crippen molar-refractivity contribution in [2.45, 2.75) is 19.3 Å². The second-order valence-electron chi connectivity index (χ2n) is 4.23. The minimum Gasteiger partial charge on any atom is -0.201 e. The van der Waals surface area contributed by atoms with E-state index < -0.39 is 5.92 Å². The summed E-state index contributed by atoms with van der Waals surface area (Å²) in [7, 11) is 0. The van der Waals surface area contributed by atoms with Crippen molar-refractivity contribution in [3.05, 3.63) is 71.3 Å². The van der Waals surface area contributed by atoms with Gasteiger partial charge in [0.1, 0.15) is 0 Å². The number of rotatable bonds is 3. The van der Waals surface area contributed by atoms with Gasteiger partial charge < -0.3 is 0 Å². The van der Waals surface area contributed by atoms with Gasteiger partial charge in [-0.3, -0.25) is 0 Å². The van der Waals surface area contributed by atoms with Gasteiger partial charge >= 0.3 is 0 Å². The molecule has 0 fully saturated rings. The topological polar surface area (TPSA) is 0 Å². The summed E-state index contributed by atoms with van der Waals surface area (Å²) in [4.78, 5) is 0. The molecule has 0 aliphatic heterocycles. The molecular weight excluding hydrogens is 218 g/mol. The van der Waals surface area contributed by atoms with Crippen LogP contribution in [0.4, 0.5) is 8.78 Å². The number of halogens is 2. The van der Waals surface area contributed by atoms with E-state index in [2.05, 4.69) is 0 Å². The molecule has 0 radical (unpaired) electrons. The minimum absolute atomic E-state index is 0.0700. The van der Waals surface area contributed by atoms with Crippen molar-refractivity contribution < 1.29 is 8.78 Å². The molecule has 0 heterocycles. The van der Waals surface area contributed by atoms with E-state index >= 15 is 0 Å². The largest absolute Gasteiger partial charge is 0.277 e. The van der Waals surface area contributed by atoms with Crippen molar-refractivity contribution in [3.8, 4) is 0 Å². The Morgan fingerprint density at radius 1 is 0.882 bits per heavy atom. The first-order valence-corrected chi connectivity index (χ1v) is 5.57. The van der Waals surface area contributed by atoms with E-state index in [1.54, 1.807) is 30.3 Å². The predicted octanol–water partition coefficient (Wildman–Crippen LogP) is 4.33. The number of benzene rings is 2. The molecule has 88 valence electrons. The smallest absolute Gasteiger partial charge is 0.201 e. The lowest BCUT2D eigenvalue weighted by Crippen LogP contribution is -2.16. The van der Waals surface area contributed by atoms with Crippen molar-refractivity contribution in [2.24, 2.45) is 0 Å². The molecule has 0 N–H and O–H groups in total. The molecule has 0 amide bonds. The molecule has 0 unspecified atom stereocenters. The van der Waals surface area contributed by atoms with Gasteiger partial charge in [-0.05, 0) is 12.5 Å². The normalized spacial score (nSPS) is 11.5. The van der Waals surface area contributed by atoms with Crippen LogP contribution in [0.1, 0.15) is 16.7 Å². The van der Waals surface area contributed by atoms with Gasteiger partial charge in [0.2, 0.25) is 0 Å². The Morgan fingerprint density at radius 3 is 2.06 bits per heavy atom. The van der Waals surface area contributed by atoms with Gasteiger partial charge in [-0.15, -0.1) is 0 Å². The fourth-order valence-corrected chi connectivity index (χ4v) is 1.75. The molecule has 0 aliphatic rings. The molecule has 0 spiro atoms. The molecule has 0 bridgehead atoms. The van der Waals surface area contributed by atoms with Crippen LogP contribution in [-0.2, 0) is 12.3 Å². The van der Waals surface area contributed by atoms with Crippen LogP contribution in [0, 0.1) is 6.92 Å². The molecule has 0 aliphatic carbocycles. The summed E-state index contributed by atoms with van der Waals surface area (Å²) in [5, 5.41) is 0. The van der Waals surface area contributed by atoms with Crippen LogP contribution >= 0.6 is 0 Å². The second kappa shape index (κ2) is 4.66. The van der Waals surface area contributed by atoms with E-state index in [4.69, 9.17) is 0 Å². The molecule has 2 aromatic carbocycles. The molecular formula is C15H14F2. The highest BCUT2D eigenvalue weighted by Gasteiger charge is 2.31. The lowest BCUT2D eigenvalue weighted by Gasteiger charge is -2.16. The van der Waals surface area contributed by atoms with Crippen molar-refractivity contribution in [3.63, 3.8) is 0 Å². The van der Waals surface area contributed by atoms with Gasteiger partial charge in [0.05, 0.1) is 0 Å². The molecule has 0 aromatic heterocycles. The van der Waals surface area contributed by atoms with E-state index in [1.807, 2.05) is 19.1 Å². The number of alkyl halides is 2. The first-order chi connectivity index (χ1) is 8.08. The average molecular weight is 232 g/mol. The zero-order valence-corrected chi connectivity index (χ0v) is 9.66. The van der Waals surface area contributed by atoms with Crippen molar-refractivity contribution in [2.75, 3.05) is 0 Å². The fraction of sp³-hybridized carbons (Fsp3) is 0.200. The van der Waals surface area contributed by atoms with Crippen LogP contribution in [0.5, 0.6) is 0 Å². The zero-order valence-electron chi connectivity index (χ0n) is 9.66. The number of hydrogen-bond donors (Lipinski definition) is 0. The summed E-state index contributed by atoms with van der Waals surface area (Å²) >= 11 is 0. The van der Waals surface area contributed by atoms with Gasteiger partial charge in [-0.2, -0.15) is 0 Å². The lowest BCUT2D eigenvalue weighted by molar-refractivity contribution is -0.00382. The molecule has 2 aromatic rings. The van der Waals surface area contributed by atoms with Crippen LogP contribution in [0.2, 0.25) is 0 Å². The first-order valence-electron chi connectivity index (χ1n) is 5.57. The SMILES string of the molecule is Cc1ccc(CC(F)(F)c2ccccc2)cc1. The standard InChI is InChI=1S/C15H14F2/c1-12-7-9-13(10-8-12)11-15(16,17)14-5-3-2-4-6-14/h2-10H,11H2,1H3. The van der Waals surface area contributed by atoms with Crippen molar-refractivity contribution in [1.29, 1.82) is 0 Å². The Hall–Kier alpha value is -1.70. The monoisotopic (exact) mass is 232 g/mol. The third-order valence-electron chi connectivity index (χ3n) is 2.74. The Morgan fingerprint density at radius 2 is 1.47 bits per heavy atom. The summed E-state index contributed by atoms with van der Waals surface area (Å²) in [6.45, 7) is 1.94. The number of hydrogen-bond acceptors (Lipinski definition) is 0. The van der Waals surface area contributed by atoms with E-state index in [-0.39, 0.29) is 12.0 Å². The molecule has 0 saturated carbocycles. The van der Waals surface area contributed by atoms with E-state index in [0.717, 1.165) is 5.56 Å². The van der Waals surface area contributed by atoms with Gasteiger partial charge in [-0.1, -0.05) is 60.2 Å². The quantitative estimate of drug-likeness (QED) is 0.739. The van der Waals surface area contributed by atoms with Gasteiger partial charge in [0, 0.05) is 12.0 Å². The second-order valence-corrected chi connectivity index (χ2v) is 4.23. The maximum absolute atomic E-state index is 13.9. The summed E-state index contributed by atoms with van der Waals surface area (Å²) in [5.41, 5.74) is 1.81. The van der Waals surface area contributed by atoms with Crippen molar-refractivity contribution in [1.82, 2.24) is 0 Å². The van der Waals surface area contributed by atoms with Gasteiger partial charge in [0.25, 0.3) is 5.92 Å². The highest BCUT2D eigenvalue weighted by molar-refractivity contribution is 5.26. The summed E-state index contributed by atoms with van der Waals surface area (Å²) in [5.74, 6) is -2.81. The molecule has 2 heteroatoms. The van der Waals surface area contributed by atoms with Crippen LogP contribution in [0.15, 0.2) is 54.6 Å². The maximum atomic E-state index is 13.9. The highest BCUT2D eigenvalue weighted by Crippen LogP contribution is 2.31. The molecule has 0 atom stereocenters. The highest BCUT2D eigenvalue weighted by atomic mass is 19.3. The Labute approximate surface area is 99.9 Å². The van der Waals surface area contributed by atoms with Gasteiger partial charge in [-0.25, -0.2) is 8.78 Å². The minimum atomic E-state index is -2.81. The Balaban J connectivity index is 2.20. The van der Waals surface area contributed by atoms with Gasteiger partial charge in [0.15, 0.2) is 0 Å². The first kappa shape index (κ1) is 11.8. The average Bonchev–Trinajstić information content (AvgIpc) is 2.33. The maximum Gasteiger partial charge on any atom is 0.277 e. The summed E-state index contributed by atoms with van der Waals surface area (Å²) < 4.78 is 27.9. The van der Waals surface area contributed by atoms with Crippen molar-refractivity contribution >= 4 is 0 Å². The van der Waals surface area contributed by atoms with Crippen LogP contribution in [0.3, 0.4) is 0 Å². The van der Waals surface area contributed by atoms with Crippen LogP contribution in [-0.4, -0.2) is 0 Å². The van der Waals surface area contributed by atoms with Crippen LogP contribution in [0.25, 0.3) is 0 Å². The molecule has 0 saturated heterocycles. The van der Waals surface area contributed by atoms with E-state index in [1.165, 1.54) is 12.1 Å². The molecule has 2 rings (SSSR count). The van der Waals surface area contributed by atoms with E-state index in [9.17, 15) is 8.78 Å². The zero-order chi connectivity index (χ0) is 12.3. The third kappa shape index (κ3) is 2.90.